The van der Waals surface area contributed by atoms with Crippen LogP contribution in [0, 0.1) is 23.2 Å². The van der Waals surface area contributed by atoms with Gasteiger partial charge in [-0.3, -0.25) is 33.6 Å². The first-order chi connectivity index (χ1) is 23.7. The number of carbonyl (C=O) groups excluding carboxylic acids is 7. The third-order valence-electron chi connectivity index (χ3n) is 9.81. The lowest BCUT2D eigenvalue weighted by Gasteiger charge is -2.48. The lowest BCUT2D eigenvalue weighted by Crippen LogP contribution is -2.66. The Morgan fingerprint density at radius 3 is 1.75 bits per heavy atom. The third-order valence-corrected chi connectivity index (χ3v) is 9.81. The quantitative estimate of drug-likeness (QED) is 0.204. The molecule has 2 bridgehead atoms. The van der Waals surface area contributed by atoms with Crippen molar-refractivity contribution >= 4 is 41.6 Å². The van der Waals surface area contributed by atoms with Crippen LogP contribution in [0.4, 0.5) is 0 Å². The molecule has 1 saturated carbocycles. The average molecular weight is 741 g/mol. The van der Waals surface area contributed by atoms with Crippen LogP contribution in [-0.4, -0.2) is 107 Å². The number of carbonyl (C=O) groups is 7. The van der Waals surface area contributed by atoms with E-state index in [0.717, 1.165) is 41.5 Å². The van der Waals surface area contributed by atoms with Crippen molar-refractivity contribution in [3.8, 4) is 0 Å². The average Bonchev–Trinajstić information content (AvgIpc) is 3.35. The molecule has 0 spiro atoms. The van der Waals surface area contributed by atoms with Crippen LogP contribution in [0.15, 0.2) is 12.2 Å². The first kappa shape index (κ1) is 42.5. The van der Waals surface area contributed by atoms with Crippen LogP contribution in [0.5, 0.6) is 0 Å². The van der Waals surface area contributed by atoms with Crippen LogP contribution < -0.4 is 0 Å². The molecule has 1 N–H and O–H groups in total. The normalized spacial score (nSPS) is 36.9. The van der Waals surface area contributed by atoms with Gasteiger partial charge >= 0.3 is 35.8 Å². The van der Waals surface area contributed by atoms with Gasteiger partial charge in [0.25, 0.3) is 0 Å². The van der Waals surface area contributed by atoms with Gasteiger partial charge in [0.15, 0.2) is 29.2 Å². The number of rotatable bonds is 9. The van der Waals surface area contributed by atoms with Crippen LogP contribution in [-0.2, 0) is 71.5 Å². The summed E-state index contributed by atoms with van der Waals surface area (Å²) in [5.41, 5.74) is -6.31. The molecule has 292 valence electrons. The van der Waals surface area contributed by atoms with Crippen molar-refractivity contribution in [2.24, 2.45) is 23.2 Å². The minimum absolute atomic E-state index is 0.0282. The summed E-state index contributed by atoms with van der Waals surface area (Å²) in [6, 6.07) is 0. The molecule has 16 heteroatoms. The molecule has 11 atom stereocenters. The van der Waals surface area contributed by atoms with Gasteiger partial charge in [0, 0.05) is 60.0 Å². The highest BCUT2D eigenvalue weighted by Crippen LogP contribution is 2.61. The number of esters is 6. The molecule has 0 aromatic carbocycles. The molecule has 2 aliphatic heterocycles. The van der Waals surface area contributed by atoms with Crippen LogP contribution in [0.25, 0.3) is 0 Å². The second-order valence-corrected chi connectivity index (χ2v) is 15.1. The molecule has 2 heterocycles. The van der Waals surface area contributed by atoms with Crippen molar-refractivity contribution in [3.05, 3.63) is 12.2 Å². The molecule has 0 amide bonds. The number of aliphatic hydroxyl groups is 1. The zero-order chi connectivity index (χ0) is 39.9. The van der Waals surface area contributed by atoms with E-state index in [2.05, 4.69) is 6.58 Å². The van der Waals surface area contributed by atoms with Crippen molar-refractivity contribution in [2.45, 2.75) is 143 Å². The largest absolute Gasteiger partial charge is 0.458 e. The molecule has 16 nitrogen and oxygen atoms in total. The number of hydrogen-bond donors (Lipinski definition) is 1. The Bertz CT molecular complexity index is 1480. The fourth-order valence-corrected chi connectivity index (χ4v) is 7.98. The van der Waals surface area contributed by atoms with Crippen molar-refractivity contribution in [3.63, 3.8) is 0 Å². The fourth-order valence-electron chi connectivity index (χ4n) is 7.98. The van der Waals surface area contributed by atoms with E-state index in [-0.39, 0.29) is 18.1 Å². The van der Waals surface area contributed by atoms with E-state index in [1.807, 2.05) is 13.8 Å². The summed E-state index contributed by atoms with van der Waals surface area (Å²) >= 11 is 0. The van der Waals surface area contributed by atoms with E-state index in [0.29, 0.717) is 0 Å². The van der Waals surface area contributed by atoms with E-state index < -0.39 is 119 Å². The number of Topliss-reactive ketones (excluding diaryl/α,β-unsaturated/α-hetero) is 1. The summed E-state index contributed by atoms with van der Waals surface area (Å²) < 4.78 is 48.0. The Morgan fingerprint density at radius 2 is 1.29 bits per heavy atom. The highest BCUT2D eigenvalue weighted by molar-refractivity contribution is 5.89. The van der Waals surface area contributed by atoms with Gasteiger partial charge in [0.2, 0.25) is 5.79 Å². The van der Waals surface area contributed by atoms with Crippen molar-refractivity contribution < 1.29 is 76.6 Å². The SMILES string of the molecule is C=C1C(OCC(C)C)C(OC(C)=O)C(OC(C)=O)C(C)(C)C2O[C@](O)(C(C)C2=O)[C@@]2(OC(C)=O)C[C@@](C)(OC(C)=O)[C@H](OC(C)=O)[C@@H]2[C@H]1OC(C)=O. The van der Waals surface area contributed by atoms with E-state index in [4.69, 9.17) is 37.9 Å². The van der Waals surface area contributed by atoms with Gasteiger partial charge in [-0.1, -0.05) is 41.2 Å². The van der Waals surface area contributed by atoms with Gasteiger partial charge in [-0.25, -0.2) is 0 Å². The summed E-state index contributed by atoms with van der Waals surface area (Å²) in [6.07, 6.45) is -10.5. The highest BCUT2D eigenvalue weighted by atomic mass is 16.7. The Labute approximate surface area is 303 Å². The minimum Gasteiger partial charge on any atom is -0.458 e. The Balaban J connectivity index is 2.66. The number of hydrogen-bond acceptors (Lipinski definition) is 16. The van der Waals surface area contributed by atoms with Crippen molar-refractivity contribution in [2.75, 3.05) is 6.61 Å². The Morgan fingerprint density at radius 1 is 0.788 bits per heavy atom. The molecule has 0 radical (unpaired) electrons. The number of ketones is 1. The zero-order valence-electron chi connectivity index (χ0n) is 31.9. The highest BCUT2D eigenvalue weighted by Gasteiger charge is 2.80. The monoisotopic (exact) mass is 740 g/mol. The van der Waals surface area contributed by atoms with Crippen LogP contribution in [0.3, 0.4) is 0 Å². The third kappa shape index (κ3) is 7.88. The second-order valence-electron chi connectivity index (χ2n) is 15.1. The fraction of sp³-hybridized carbons (Fsp3) is 0.750. The Kier molecular flexibility index (Phi) is 12.4. The first-order valence-corrected chi connectivity index (χ1v) is 17.1. The summed E-state index contributed by atoms with van der Waals surface area (Å²) in [6.45, 7) is 19.9. The summed E-state index contributed by atoms with van der Waals surface area (Å²) in [5.74, 6) is -12.5. The smallest absolute Gasteiger partial charge is 0.303 e. The molecule has 3 rings (SSSR count). The standard InChI is InChI=1S/C36H52O16/c1-16(2)14-45-28-17(3)27(46-19(5)37)25-30(48-21(7)39)34(13,50-23(9)41)15-35(25,51-24(10)42)36(44)18(4)26(43)31(52-36)33(11,12)32(49-22(8)40)29(28)47-20(6)38/h16,18,25,27-32,44H,3,14-15H2,1-2,4-13H3/t18?,25-,27-,28?,29?,30+,31?,32?,34+,35+,36+/m0/s1. The summed E-state index contributed by atoms with van der Waals surface area (Å²) in [4.78, 5) is 91.8. The molecule has 2 saturated heterocycles. The van der Waals surface area contributed by atoms with Crippen molar-refractivity contribution in [1.82, 2.24) is 0 Å². The first-order valence-electron chi connectivity index (χ1n) is 17.1. The van der Waals surface area contributed by atoms with Gasteiger partial charge < -0.3 is 43.0 Å². The lowest BCUT2D eigenvalue weighted by atomic mass is 9.68. The summed E-state index contributed by atoms with van der Waals surface area (Å²) in [7, 11) is 0. The maximum atomic E-state index is 14.4. The predicted octanol–water partition coefficient (Wildman–Crippen LogP) is 2.29. The maximum absolute atomic E-state index is 14.4. The van der Waals surface area contributed by atoms with E-state index in [1.54, 1.807) is 0 Å². The van der Waals surface area contributed by atoms with Gasteiger partial charge in [0.1, 0.15) is 24.4 Å². The zero-order valence-corrected chi connectivity index (χ0v) is 31.9. The predicted molar refractivity (Wildman–Crippen MR) is 176 cm³/mol. The lowest BCUT2D eigenvalue weighted by molar-refractivity contribution is -0.334. The van der Waals surface area contributed by atoms with Crippen LogP contribution >= 0.6 is 0 Å². The van der Waals surface area contributed by atoms with Gasteiger partial charge in [-0.2, -0.15) is 0 Å². The molecule has 1 aliphatic carbocycles. The minimum atomic E-state index is -2.84. The van der Waals surface area contributed by atoms with Crippen molar-refractivity contribution in [1.29, 1.82) is 0 Å². The number of fused-ring (bicyclic) bond motifs is 4. The molecular formula is C36H52O16. The van der Waals surface area contributed by atoms with E-state index in [1.165, 1.54) is 27.7 Å². The molecule has 0 aromatic rings. The van der Waals surface area contributed by atoms with Crippen LogP contribution in [0.1, 0.15) is 89.5 Å². The molecular weight excluding hydrogens is 688 g/mol. The van der Waals surface area contributed by atoms with Gasteiger partial charge in [0.05, 0.1) is 11.8 Å². The summed E-state index contributed by atoms with van der Waals surface area (Å²) in [5, 5.41) is 13.0. The molecule has 3 fully saturated rings. The van der Waals surface area contributed by atoms with E-state index >= 15 is 0 Å². The molecule has 5 unspecified atom stereocenters. The maximum Gasteiger partial charge on any atom is 0.303 e. The number of ether oxygens (including phenoxy) is 8. The topological polar surface area (TPSA) is 214 Å². The molecule has 0 aromatic heterocycles. The van der Waals surface area contributed by atoms with Gasteiger partial charge in [-0.05, 0) is 18.4 Å². The molecule has 3 aliphatic rings. The van der Waals surface area contributed by atoms with Gasteiger partial charge in [-0.15, -0.1) is 0 Å². The van der Waals surface area contributed by atoms with Crippen LogP contribution in [0.2, 0.25) is 0 Å². The Hall–Kier alpha value is -3.89. The second kappa shape index (κ2) is 15.2. The van der Waals surface area contributed by atoms with E-state index in [9.17, 15) is 38.7 Å². The molecule has 52 heavy (non-hydrogen) atoms.